The number of piperidine rings is 1. The van der Waals surface area contributed by atoms with Gasteiger partial charge in [0.1, 0.15) is 0 Å². The number of carboxylic acid groups (broad SMARTS) is 2. The average molecular weight is 460 g/mol. The summed E-state index contributed by atoms with van der Waals surface area (Å²) in [5.74, 6) is -3.71. The van der Waals surface area contributed by atoms with Crippen LogP contribution >= 0.6 is 0 Å². The van der Waals surface area contributed by atoms with Gasteiger partial charge in [-0.05, 0) is 45.3 Å². The number of likely N-dealkylation sites (tertiary alicyclic amines) is 1. The Morgan fingerprint density at radius 1 is 1.00 bits per heavy atom. The van der Waals surface area contributed by atoms with Gasteiger partial charge in [-0.3, -0.25) is 9.59 Å². The molecule has 0 aromatic carbocycles. The maximum absolute atomic E-state index is 10.6. The van der Waals surface area contributed by atoms with E-state index in [1.807, 2.05) is 0 Å². The molecule has 0 saturated carbocycles. The summed E-state index contributed by atoms with van der Waals surface area (Å²) in [6, 6.07) is 0. The van der Waals surface area contributed by atoms with Crippen LogP contribution in [0.1, 0.15) is 32.1 Å². The molecule has 116 valence electrons. The number of hydrogen-bond donors (Lipinski definition) is 4. The molecule has 0 bridgehead atoms. The minimum absolute atomic E-state index is 0. The van der Waals surface area contributed by atoms with Crippen molar-refractivity contribution in [3.63, 3.8) is 0 Å². The van der Waals surface area contributed by atoms with Gasteiger partial charge in [-0.15, -0.1) is 0 Å². The van der Waals surface area contributed by atoms with E-state index in [0.29, 0.717) is 6.42 Å². The van der Waals surface area contributed by atoms with Crippen molar-refractivity contribution < 1.29 is 40.9 Å². The molecule has 0 radical (unpaired) electrons. The topological polar surface area (TPSA) is 151 Å². The van der Waals surface area contributed by atoms with Crippen molar-refractivity contribution in [3.8, 4) is 0 Å². The quantitative estimate of drug-likeness (QED) is 0.446. The van der Waals surface area contributed by atoms with E-state index in [2.05, 4.69) is 4.90 Å². The van der Waals surface area contributed by atoms with Crippen LogP contribution in [0.5, 0.6) is 0 Å². The summed E-state index contributed by atoms with van der Waals surface area (Å²) in [5.41, 5.74) is 0. The molecule has 8 heteroatoms. The molecule has 1 rings (SSSR count). The number of hydrogen-bond acceptors (Lipinski definition) is 3. The predicted octanol–water partition coefficient (Wildman–Crippen LogP) is 1.79. The molecule has 0 aliphatic carbocycles. The molecule has 1 fully saturated rings. The zero-order valence-electron chi connectivity index (χ0n) is 11.7. The summed E-state index contributed by atoms with van der Waals surface area (Å²) in [6.07, 6.45) is 4.52. The molecule has 1 aliphatic heterocycles. The maximum atomic E-state index is 10.6. The van der Waals surface area contributed by atoms with Crippen LogP contribution in [-0.4, -0.2) is 46.7 Å². The minimum Gasteiger partial charge on any atom is -0.481 e. The monoisotopic (exact) mass is 460 g/mol. The number of quaternary nitrogens is 2. The number of aliphatic carboxylic acids is 2. The first-order valence-electron chi connectivity index (χ1n) is 5.79. The van der Waals surface area contributed by atoms with Gasteiger partial charge >= 0.3 is 33.0 Å². The van der Waals surface area contributed by atoms with E-state index < -0.39 is 17.9 Å². The third-order valence-corrected chi connectivity index (χ3v) is 3.01. The van der Waals surface area contributed by atoms with Crippen molar-refractivity contribution >= 4 is 11.9 Å². The van der Waals surface area contributed by atoms with Crippen molar-refractivity contribution in [3.05, 3.63) is 0 Å². The number of nitrogens with zero attached hydrogens (tertiary/aromatic N) is 1. The molecule has 1 saturated heterocycles. The Labute approximate surface area is 128 Å². The van der Waals surface area contributed by atoms with Gasteiger partial charge in [0.25, 0.3) is 0 Å². The molecule has 0 spiro atoms. The number of rotatable bonds is 6. The van der Waals surface area contributed by atoms with Crippen LogP contribution in [0, 0.1) is 5.92 Å². The van der Waals surface area contributed by atoms with Gasteiger partial charge in [0.2, 0.25) is 0 Å². The Kier molecular flexibility index (Phi) is 15.6. The summed E-state index contributed by atoms with van der Waals surface area (Å²) in [6.45, 7) is 2.94. The van der Waals surface area contributed by atoms with E-state index in [0.717, 1.165) is 19.6 Å². The summed E-state index contributed by atoms with van der Waals surface area (Å²) >= 11 is 0. The molecule has 0 aromatic rings. The van der Waals surface area contributed by atoms with Crippen LogP contribution in [0.25, 0.3) is 0 Å². The van der Waals surface area contributed by atoms with Crippen molar-refractivity contribution in [1.82, 2.24) is 17.2 Å². The Balaban J connectivity index is -0.000000853. The first kappa shape index (κ1) is 23.6. The summed E-state index contributed by atoms with van der Waals surface area (Å²) in [4.78, 5) is 23.5. The van der Waals surface area contributed by atoms with Gasteiger partial charge < -0.3 is 27.4 Å². The second-order valence-electron chi connectivity index (χ2n) is 4.27. The Bertz CT molecular complexity index is 246. The Hall–Kier alpha value is -0.492. The normalized spacial score (nSPS) is 14.8. The van der Waals surface area contributed by atoms with Crippen molar-refractivity contribution in [2.75, 3.05) is 19.6 Å². The third-order valence-electron chi connectivity index (χ3n) is 3.01. The van der Waals surface area contributed by atoms with E-state index in [1.165, 1.54) is 19.3 Å². The summed E-state index contributed by atoms with van der Waals surface area (Å²) < 4.78 is 0. The van der Waals surface area contributed by atoms with Gasteiger partial charge in [0.05, 0.1) is 0 Å². The van der Waals surface area contributed by atoms with Crippen LogP contribution in [0.2, 0.25) is 0 Å². The maximum Gasteiger partial charge on any atom is 2.00 e. The van der Waals surface area contributed by atoms with Crippen molar-refractivity contribution in [2.45, 2.75) is 32.1 Å². The fourth-order valence-corrected chi connectivity index (χ4v) is 2.05. The Morgan fingerprint density at radius 3 is 1.89 bits per heavy atom. The van der Waals surface area contributed by atoms with E-state index in [-0.39, 0.29) is 39.8 Å². The van der Waals surface area contributed by atoms with E-state index in [4.69, 9.17) is 10.2 Å². The first-order chi connectivity index (χ1) is 7.61. The zero-order valence-corrected chi connectivity index (χ0v) is 14.0. The van der Waals surface area contributed by atoms with Gasteiger partial charge in [-0.25, -0.2) is 0 Å². The van der Waals surface area contributed by atoms with Crippen molar-refractivity contribution in [1.29, 1.82) is 0 Å². The number of carbonyl (C=O) groups is 2. The van der Waals surface area contributed by atoms with E-state index in [9.17, 15) is 9.59 Å². The van der Waals surface area contributed by atoms with Gasteiger partial charge in [0, 0.05) is 0 Å². The van der Waals surface area contributed by atoms with Gasteiger partial charge in [-0.1, -0.05) is 6.42 Å². The van der Waals surface area contributed by atoms with Gasteiger partial charge in [0.15, 0.2) is 5.92 Å². The number of carboxylic acids is 2. The smallest absolute Gasteiger partial charge is 0.481 e. The third kappa shape index (κ3) is 9.10. The molecule has 10 N–H and O–H groups in total. The molecule has 0 aromatic heterocycles. The minimum atomic E-state index is -1.25. The van der Waals surface area contributed by atoms with Crippen LogP contribution in [0.4, 0.5) is 0 Å². The molecule has 7 nitrogen and oxygen atoms in total. The molecule has 0 unspecified atom stereocenters. The zero-order chi connectivity index (χ0) is 12.0. The van der Waals surface area contributed by atoms with Crippen LogP contribution in [-0.2, 0) is 30.7 Å². The standard InChI is InChI=1S/C11H19NO4.2H3N.Pt/c13-10(14)9(11(15)16)5-4-8-12-6-2-1-3-7-12;;;/h9H,1-8H2,(H,13,14)(H,15,16);2*1H3;/q;;;+2/p+2. The molecule has 0 amide bonds. The van der Waals surface area contributed by atoms with E-state index >= 15 is 0 Å². The molecular formula is C11H27N3O4Pt+4. The molecule has 0 atom stereocenters. The van der Waals surface area contributed by atoms with Gasteiger partial charge in [-0.2, -0.15) is 0 Å². The molecule has 1 heterocycles. The average Bonchev–Trinajstić information content (AvgIpc) is 2.24. The van der Waals surface area contributed by atoms with Crippen LogP contribution in [0.3, 0.4) is 0 Å². The molecule has 19 heavy (non-hydrogen) atoms. The molecular weight excluding hydrogens is 433 g/mol. The van der Waals surface area contributed by atoms with E-state index in [1.54, 1.807) is 0 Å². The molecule has 1 aliphatic rings. The first-order valence-corrected chi connectivity index (χ1v) is 5.79. The fourth-order valence-electron chi connectivity index (χ4n) is 2.05. The van der Waals surface area contributed by atoms with Crippen molar-refractivity contribution in [2.24, 2.45) is 5.92 Å². The largest absolute Gasteiger partial charge is 2.00 e. The summed E-state index contributed by atoms with van der Waals surface area (Å²) in [5, 5.41) is 17.4. The van der Waals surface area contributed by atoms with Crippen LogP contribution in [0.15, 0.2) is 0 Å². The Morgan fingerprint density at radius 2 is 1.47 bits per heavy atom. The van der Waals surface area contributed by atoms with Crippen LogP contribution < -0.4 is 12.3 Å². The fraction of sp³-hybridized carbons (Fsp3) is 0.818. The second kappa shape index (κ2) is 12.5. The predicted molar refractivity (Wildman–Crippen MR) is 70.3 cm³/mol. The summed E-state index contributed by atoms with van der Waals surface area (Å²) in [7, 11) is 0. The SMILES string of the molecule is O=C(O)C(CCCN1CCCCC1)C(=O)O.[NH4+].[NH4+].[Pt+2]. The second-order valence-corrected chi connectivity index (χ2v) is 4.27.